The fourth-order valence-electron chi connectivity index (χ4n) is 1.50. The summed E-state index contributed by atoms with van der Waals surface area (Å²) in [7, 11) is 0. The number of carbonyl (C=O) groups is 1. The van der Waals surface area contributed by atoms with Crippen molar-refractivity contribution in [2.45, 2.75) is 46.2 Å². The Morgan fingerprint density at radius 1 is 1.40 bits per heavy atom. The number of nitrogens with one attached hydrogen (secondary N) is 2. The lowest BCUT2D eigenvalue weighted by Gasteiger charge is -2.23. The quantitative estimate of drug-likeness (QED) is 0.721. The van der Waals surface area contributed by atoms with Crippen LogP contribution < -0.4 is 16.4 Å². The van der Waals surface area contributed by atoms with Gasteiger partial charge in [-0.3, -0.25) is 4.79 Å². The van der Waals surface area contributed by atoms with E-state index >= 15 is 0 Å². The van der Waals surface area contributed by atoms with E-state index in [4.69, 9.17) is 18.0 Å². The van der Waals surface area contributed by atoms with E-state index in [1.807, 2.05) is 27.7 Å². The van der Waals surface area contributed by atoms with Gasteiger partial charge in [0.2, 0.25) is 11.9 Å². The van der Waals surface area contributed by atoms with Crippen LogP contribution in [0.15, 0.2) is 6.07 Å². The maximum Gasteiger partial charge on any atom is 0.242 e. The third kappa shape index (κ3) is 5.08. The van der Waals surface area contributed by atoms with Gasteiger partial charge in [0.25, 0.3) is 0 Å². The molecule has 0 fully saturated rings. The van der Waals surface area contributed by atoms with Crippen molar-refractivity contribution in [3.8, 4) is 0 Å². The Kier molecular flexibility index (Phi) is 4.99. The number of nitrogens with two attached hydrogens (primary N) is 1. The van der Waals surface area contributed by atoms with Crippen LogP contribution in [0.25, 0.3) is 0 Å². The second-order valence-electron chi connectivity index (χ2n) is 5.69. The molecule has 0 saturated carbocycles. The van der Waals surface area contributed by atoms with Crippen molar-refractivity contribution < 1.29 is 4.79 Å². The Bertz CT molecular complexity index is 524. The minimum atomic E-state index is -0.463. The molecular formula is C13H21N5OS. The summed E-state index contributed by atoms with van der Waals surface area (Å²) in [6.45, 7) is 9.32. The number of aromatic nitrogens is 2. The molecule has 1 aromatic heterocycles. The van der Waals surface area contributed by atoms with E-state index in [0.29, 0.717) is 11.6 Å². The van der Waals surface area contributed by atoms with Gasteiger partial charge in [-0.1, -0.05) is 12.2 Å². The van der Waals surface area contributed by atoms with Crippen LogP contribution >= 0.6 is 12.2 Å². The zero-order valence-corrected chi connectivity index (χ0v) is 13.3. The summed E-state index contributed by atoms with van der Waals surface area (Å²) in [5.41, 5.74) is 6.49. The molecule has 0 saturated heterocycles. The molecule has 0 aromatic carbocycles. The summed E-state index contributed by atoms with van der Waals surface area (Å²) >= 11 is 4.90. The average Bonchev–Trinajstić information content (AvgIpc) is 2.25. The Balaban J connectivity index is 2.83. The molecule has 4 N–H and O–H groups in total. The molecule has 1 unspecified atom stereocenters. The lowest BCUT2D eigenvalue weighted by atomic mass is 10.1. The van der Waals surface area contributed by atoms with Gasteiger partial charge in [0.05, 0.1) is 0 Å². The van der Waals surface area contributed by atoms with Crippen molar-refractivity contribution in [3.05, 3.63) is 17.5 Å². The van der Waals surface area contributed by atoms with E-state index in [1.54, 1.807) is 13.0 Å². The van der Waals surface area contributed by atoms with E-state index in [2.05, 4.69) is 20.6 Å². The number of hydrogen-bond acceptors (Lipinski definition) is 5. The molecule has 1 amide bonds. The predicted octanol–water partition coefficient (Wildman–Crippen LogP) is 1.13. The van der Waals surface area contributed by atoms with Gasteiger partial charge in [0.1, 0.15) is 16.7 Å². The Hall–Kier alpha value is -1.76. The molecule has 0 aliphatic carbocycles. The molecule has 1 aromatic rings. The standard InChI is InChI=1S/C13H21N5OS/c1-7-6-9(10(14)20)17-12(15-7)16-8(2)11(19)18-13(3,4)5/h6,8H,1-5H3,(H2,14,20)(H,18,19)(H,15,16,17). The Morgan fingerprint density at radius 3 is 2.50 bits per heavy atom. The maximum absolute atomic E-state index is 12.0. The summed E-state index contributed by atoms with van der Waals surface area (Å²) in [6, 6.07) is 1.24. The lowest BCUT2D eigenvalue weighted by Crippen LogP contribution is -2.47. The zero-order chi connectivity index (χ0) is 15.5. The van der Waals surface area contributed by atoms with E-state index in [1.165, 1.54) is 0 Å². The van der Waals surface area contributed by atoms with Crippen molar-refractivity contribution >= 4 is 29.1 Å². The second-order valence-corrected chi connectivity index (χ2v) is 6.13. The van der Waals surface area contributed by atoms with Crippen LogP contribution in [-0.2, 0) is 4.79 Å². The Labute approximate surface area is 124 Å². The fraction of sp³-hybridized carbons (Fsp3) is 0.538. The average molecular weight is 295 g/mol. The van der Waals surface area contributed by atoms with Crippen LogP contribution in [0.5, 0.6) is 0 Å². The molecule has 0 aliphatic heterocycles. The minimum Gasteiger partial charge on any atom is -0.388 e. The van der Waals surface area contributed by atoms with Gasteiger partial charge in [0, 0.05) is 11.2 Å². The number of anilines is 1. The highest BCUT2D eigenvalue weighted by molar-refractivity contribution is 7.80. The highest BCUT2D eigenvalue weighted by Gasteiger charge is 2.20. The summed E-state index contributed by atoms with van der Waals surface area (Å²) < 4.78 is 0. The van der Waals surface area contributed by atoms with E-state index in [9.17, 15) is 4.79 Å². The van der Waals surface area contributed by atoms with Crippen molar-refractivity contribution in [2.24, 2.45) is 5.73 Å². The smallest absolute Gasteiger partial charge is 0.242 e. The summed E-state index contributed by atoms with van der Waals surface area (Å²) in [6.07, 6.45) is 0. The molecule has 0 bridgehead atoms. The van der Waals surface area contributed by atoms with Crippen molar-refractivity contribution in [1.29, 1.82) is 0 Å². The van der Waals surface area contributed by atoms with Gasteiger partial charge >= 0.3 is 0 Å². The number of aryl methyl sites for hydroxylation is 1. The predicted molar refractivity (Wildman–Crippen MR) is 83.6 cm³/mol. The van der Waals surface area contributed by atoms with Gasteiger partial charge < -0.3 is 16.4 Å². The van der Waals surface area contributed by atoms with Crippen LogP contribution in [0.3, 0.4) is 0 Å². The maximum atomic E-state index is 12.0. The van der Waals surface area contributed by atoms with Gasteiger partial charge in [-0.25, -0.2) is 9.97 Å². The molecule has 20 heavy (non-hydrogen) atoms. The molecule has 1 heterocycles. The minimum absolute atomic E-state index is 0.125. The monoisotopic (exact) mass is 295 g/mol. The molecule has 0 spiro atoms. The Morgan fingerprint density at radius 2 is 2.00 bits per heavy atom. The van der Waals surface area contributed by atoms with Crippen molar-refractivity contribution in [1.82, 2.24) is 15.3 Å². The van der Waals surface area contributed by atoms with Crippen molar-refractivity contribution in [2.75, 3.05) is 5.32 Å². The van der Waals surface area contributed by atoms with Gasteiger partial charge in [-0.05, 0) is 40.7 Å². The highest BCUT2D eigenvalue weighted by Crippen LogP contribution is 2.07. The third-order valence-electron chi connectivity index (χ3n) is 2.34. The zero-order valence-electron chi connectivity index (χ0n) is 12.4. The SMILES string of the molecule is Cc1cc(C(N)=S)nc(NC(C)C(=O)NC(C)(C)C)n1. The molecular weight excluding hydrogens is 274 g/mol. The molecule has 1 rings (SSSR count). The summed E-state index contributed by atoms with van der Waals surface area (Å²) in [4.78, 5) is 20.6. The van der Waals surface area contributed by atoms with Gasteiger partial charge in [-0.15, -0.1) is 0 Å². The third-order valence-corrected chi connectivity index (χ3v) is 2.55. The van der Waals surface area contributed by atoms with E-state index in [0.717, 1.165) is 5.69 Å². The lowest BCUT2D eigenvalue weighted by molar-refractivity contribution is -0.122. The largest absolute Gasteiger partial charge is 0.388 e. The van der Waals surface area contributed by atoms with E-state index in [-0.39, 0.29) is 16.4 Å². The van der Waals surface area contributed by atoms with Crippen LogP contribution in [0.4, 0.5) is 5.95 Å². The molecule has 0 aliphatic rings. The second kappa shape index (κ2) is 6.13. The summed E-state index contributed by atoms with van der Waals surface area (Å²) in [5, 5.41) is 5.83. The van der Waals surface area contributed by atoms with Gasteiger partial charge in [0.15, 0.2) is 0 Å². The van der Waals surface area contributed by atoms with Crippen LogP contribution in [0.1, 0.15) is 39.1 Å². The first-order valence-corrected chi connectivity index (χ1v) is 6.73. The molecule has 1 atom stereocenters. The normalized spacial score (nSPS) is 12.7. The first-order valence-electron chi connectivity index (χ1n) is 6.32. The van der Waals surface area contributed by atoms with E-state index < -0.39 is 6.04 Å². The van der Waals surface area contributed by atoms with Crippen LogP contribution in [0, 0.1) is 6.92 Å². The first kappa shape index (κ1) is 16.3. The van der Waals surface area contributed by atoms with Crippen molar-refractivity contribution in [3.63, 3.8) is 0 Å². The number of hydrogen-bond donors (Lipinski definition) is 3. The molecule has 110 valence electrons. The fourth-order valence-corrected chi connectivity index (χ4v) is 1.60. The molecule has 0 radical (unpaired) electrons. The van der Waals surface area contributed by atoms with Crippen LogP contribution in [-0.4, -0.2) is 32.4 Å². The molecule has 7 heteroatoms. The number of amides is 1. The van der Waals surface area contributed by atoms with Crippen LogP contribution in [0.2, 0.25) is 0 Å². The topological polar surface area (TPSA) is 92.9 Å². The number of carbonyl (C=O) groups excluding carboxylic acids is 1. The summed E-state index contributed by atoms with van der Waals surface area (Å²) in [5.74, 6) is 0.212. The number of nitrogens with zero attached hydrogens (tertiary/aromatic N) is 2. The number of thiocarbonyl (C=S) groups is 1. The van der Waals surface area contributed by atoms with Gasteiger partial charge in [-0.2, -0.15) is 0 Å². The molecule has 6 nitrogen and oxygen atoms in total. The first-order chi connectivity index (χ1) is 9.08. The number of rotatable bonds is 4. The highest BCUT2D eigenvalue weighted by atomic mass is 32.1.